The summed E-state index contributed by atoms with van der Waals surface area (Å²) >= 11 is 5.71. The second-order valence-corrected chi connectivity index (χ2v) is 4.22. The lowest BCUT2D eigenvalue weighted by Crippen LogP contribution is -1.68. The number of hydrogen-bond donors (Lipinski definition) is 1. The molecule has 0 radical (unpaired) electrons. The Balaban J connectivity index is 0.000000128. The van der Waals surface area contributed by atoms with Crippen molar-refractivity contribution in [3.05, 3.63) is 71.4 Å². The fraction of sp³-hybridized carbons (Fsp3) is 0.0667. The normalized spacial score (nSPS) is 9.76. The Labute approximate surface area is 106 Å². The Hall–Kier alpha value is -1.73. The van der Waals surface area contributed by atoms with Crippen LogP contribution in [0.1, 0.15) is 5.56 Å². The van der Waals surface area contributed by atoms with Crippen LogP contribution in [-0.4, -0.2) is 4.98 Å². The van der Waals surface area contributed by atoms with E-state index in [1.807, 2.05) is 49.5 Å². The van der Waals surface area contributed by atoms with Crippen molar-refractivity contribution in [2.75, 3.05) is 0 Å². The molecule has 1 aromatic heterocycles. The summed E-state index contributed by atoms with van der Waals surface area (Å²) in [6.45, 7) is 1.99. The van der Waals surface area contributed by atoms with E-state index in [9.17, 15) is 0 Å². The highest BCUT2D eigenvalue weighted by Gasteiger charge is 1.87. The predicted molar refractivity (Wildman–Crippen MR) is 74.5 cm³/mol. The number of aryl methyl sites for hydroxylation is 1. The second kappa shape index (κ2) is 5.55. The van der Waals surface area contributed by atoms with Gasteiger partial charge in [0.1, 0.15) is 0 Å². The van der Waals surface area contributed by atoms with Gasteiger partial charge in [-0.05, 0) is 36.1 Å². The van der Waals surface area contributed by atoms with Crippen molar-refractivity contribution in [2.24, 2.45) is 0 Å². The molecule has 0 amide bonds. The summed E-state index contributed by atoms with van der Waals surface area (Å²) in [5.74, 6) is 0. The van der Waals surface area contributed by atoms with E-state index in [0.717, 1.165) is 10.6 Å². The monoisotopic (exact) mass is 243 g/mol. The van der Waals surface area contributed by atoms with Gasteiger partial charge in [-0.3, -0.25) is 0 Å². The maximum Gasteiger partial charge on any atom is 0.0453 e. The Kier molecular flexibility index (Phi) is 3.84. The maximum atomic E-state index is 5.71. The van der Waals surface area contributed by atoms with E-state index >= 15 is 0 Å². The number of para-hydroxylation sites is 1. The summed E-state index contributed by atoms with van der Waals surface area (Å²) in [7, 11) is 0. The van der Waals surface area contributed by atoms with Crippen LogP contribution in [0, 0.1) is 6.92 Å². The third-order valence-electron chi connectivity index (χ3n) is 2.54. The van der Waals surface area contributed by atoms with E-state index < -0.39 is 0 Å². The van der Waals surface area contributed by atoms with Gasteiger partial charge in [0.15, 0.2) is 0 Å². The summed E-state index contributed by atoms with van der Waals surface area (Å²) in [5, 5.41) is 2.12. The molecule has 0 aliphatic heterocycles. The van der Waals surface area contributed by atoms with Crippen molar-refractivity contribution in [1.29, 1.82) is 0 Å². The van der Waals surface area contributed by atoms with Gasteiger partial charge in [-0.15, -0.1) is 0 Å². The summed E-state index contributed by atoms with van der Waals surface area (Å²) in [6.07, 6.45) is 1.95. The van der Waals surface area contributed by atoms with Gasteiger partial charge in [0.05, 0.1) is 0 Å². The van der Waals surface area contributed by atoms with Gasteiger partial charge >= 0.3 is 0 Å². The molecule has 3 rings (SSSR count). The Morgan fingerprint density at radius 2 is 1.59 bits per heavy atom. The van der Waals surface area contributed by atoms with Gasteiger partial charge in [0.25, 0.3) is 0 Å². The minimum absolute atomic E-state index is 0.840. The molecule has 3 aromatic rings. The van der Waals surface area contributed by atoms with Crippen LogP contribution in [0.25, 0.3) is 10.9 Å². The summed E-state index contributed by atoms with van der Waals surface area (Å²) in [5.41, 5.74) is 2.34. The zero-order valence-corrected chi connectivity index (χ0v) is 10.4. The van der Waals surface area contributed by atoms with Crippen molar-refractivity contribution in [3.63, 3.8) is 0 Å². The average molecular weight is 244 g/mol. The minimum Gasteiger partial charge on any atom is -0.361 e. The summed E-state index contributed by atoms with van der Waals surface area (Å²) < 4.78 is 0. The third-order valence-corrected chi connectivity index (χ3v) is 2.96. The molecule has 1 heterocycles. The van der Waals surface area contributed by atoms with Crippen LogP contribution in [0.15, 0.2) is 60.8 Å². The lowest BCUT2D eigenvalue weighted by Gasteiger charge is -1.90. The molecular weight excluding hydrogens is 230 g/mol. The van der Waals surface area contributed by atoms with E-state index in [2.05, 4.69) is 23.2 Å². The fourth-order valence-electron chi connectivity index (χ4n) is 1.55. The van der Waals surface area contributed by atoms with Gasteiger partial charge in [-0.1, -0.05) is 48.0 Å². The lowest BCUT2D eigenvalue weighted by atomic mass is 10.2. The first kappa shape index (κ1) is 11.7. The molecule has 86 valence electrons. The highest BCUT2D eigenvalue weighted by atomic mass is 35.5. The largest absolute Gasteiger partial charge is 0.361 e. The van der Waals surface area contributed by atoms with E-state index in [0.29, 0.717) is 0 Å². The van der Waals surface area contributed by atoms with E-state index in [4.69, 9.17) is 11.6 Å². The van der Waals surface area contributed by atoms with Crippen molar-refractivity contribution in [1.82, 2.24) is 4.98 Å². The highest BCUT2D eigenvalue weighted by molar-refractivity contribution is 6.31. The van der Waals surface area contributed by atoms with Gasteiger partial charge in [-0.25, -0.2) is 0 Å². The van der Waals surface area contributed by atoms with Crippen LogP contribution in [0.2, 0.25) is 5.02 Å². The van der Waals surface area contributed by atoms with E-state index in [1.54, 1.807) is 0 Å². The first-order valence-electron chi connectivity index (χ1n) is 5.50. The van der Waals surface area contributed by atoms with Crippen LogP contribution in [-0.2, 0) is 0 Å². The molecule has 0 saturated heterocycles. The zero-order valence-electron chi connectivity index (χ0n) is 9.65. The molecule has 2 heteroatoms. The SMILES string of the molecule is Cc1ccccc1Cl.c1ccc2[nH]ccc2c1. The first-order chi connectivity index (χ1) is 8.27. The smallest absolute Gasteiger partial charge is 0.0453 e. The molecule has 0 spiro atoms. The van der Waals surface area contributed by atoms with Gasteiger partial charge in [0, 0.05) is 16.7 Å². The molecular formula is C15H14ClN. The van der Waals surface area contributed by atoms with E-state index in [-0.39, 0.29) is 0 Å². The number of H-pyrrole nitrogens is 1. The van der Waals surface area contributed by atoms with Crippen molar-refractivity contribution < 1.29 is 0 Å². The van der Waals surface area contributed by atoms with Crippen LogP contribution in [0.3, 0.4) is 0 Å². The third kappa shape index (κ3) is 3.11. The number of halogens is 1. The molecule has 17 heavy (non-hydrogen) atoms. The molecule has 0 aliphatic carbocycles. The van der Waals surface area contributed by atoms with Crippen molar-refractivity contribution in [2.45, 2.75) is 6.92 Å². The number of fused-ring (bicyclic) bond motifs is 1. The molecule has 0 unspecified atom stereocenters. The zero-order chi connectivity index (χ0) is 12.1. The number of nitrogens with one attached hydrogen (secondary N) is 1. The molecule has 0 fully saturated rings. The van der Waals surface area contributed by atoms with Crippen LogP contribution in [0.4, 0.5) is 0 Å². The lowest BCUT2D eigenvalue weighted by molar-refractivity contribution is 1.47. The number of hydrogen-bond acceptors (Lipinski definition) is 0. The van der Waals surface area contributed by atoms with Gasteiger partial charge in [-0.2, -0.15) is 0 Å². The molecule has 0 saturated carbocycles. The predicted octanol–water partition coefficient (Wildman–Crippen LogP) is 4.82. The Morgan fingerprint density at radius 3 is 2.24 bits per heavy atom. The quantitative estimate of drug-likeness (QED) is 0.583. The molecule has 1 nitrogen and oxygen atoms in total. The fourth-order valence-corrected chi connectivity index (χ4v) is 1.68. The molecule has 2 aromatic carbocycles. The molecule has 1 N–H and O–H groups in total. The number of rotatable bonds is 0. The van der Waals surface area contributed by atoms with E-state index in [1.165, 1.54) is 10.9 Å². The number of aromatic nitrogens is 1. The standard InChI is InChI=1S/C8H7N.C7H7Cl/c1-2-4-8-7(3-1)5-6-9-8;1-6-4-2-3-5-7(6)8/h1-6,9H;2-5H,1H3. The van der Waals surface area contributed by atoms with Crippen LogP contribution in [0.5, 0.6) is 0 Å². The summed E-state index contributed by atoms with van der Waals surface area (Å²) in [4.78, 5) is 3.12. The first-order valence-corrected chi connectivity index (χ1v) is 5.88. The van der Waals surface area contributed by atoms with Gasteiger partial charge < -0.3 is 4.98 Å². The topological polar surface area (TPSA) is 15.8 Å². The minimum atomic E-state index is 0.840. The average Bonchev–Trinajstić information content (AvgIpc) is 2.82. The summed E-state index contributed by atoms with van der Waals surface area (Å²) in [6, 6.07) is 18.1. The maximum absolute atomic E-state index is 5.71. The highest BCUT2D eigenvalue weighted by Crippen LogP contribution is 2.12. The van der Waals surface area contributed by atoms with Crippen LogP contribution >= 0.6 is 11.6 Å². The second-order valence-electron chi connectivity index (χ2n) is 3.81. The number of aromatic amines is 1. The Morgan fingerprint density at radius 1 is 0.882 bits per heavy atom. The molecule has 0 atom stereocenters. The molecule has 0 bridgehead atoms. The number of benzene rings is 2. The van der Waals surface area contributed by atoms with Crippen molar-refractivity contribution >= 4 is 22.5 Å². The Bertz CT molecular complexity index is 547. The van der Waals surface area contributed by atoms with Crippen LogP contribution < -0.4 is 0 Å². The van der Waals surface area contributed by atoms with Gasteiger partial charge in [0.2, 0.25) is 0 Å². The molecule has 0 aliphatic rings. The van der Waals surface area contributed by atoms with Crippen molar-refractivity contribution in [3.8, 4) is 0 Å².